The van der Waals surface area contributed by atoms with Gasteiger partial charge in [-0.1, -0.05) is 0 Å². The van der Waals surface area contributed by atoms with Crippen LogP contribution in [0.4, 0.5) is 13.2 Å². The fraction of sp³-hybridized carbons (Fsp3) is 0.182. The number of aromatic nitrogens is 2. The predicted octanol–water partition coefficient (Wildman–Crippen LogP) is 3.23. The van der Waals surface area contributed by atoms with Gasteiger partial charge in [-0.3, -0.25) is 4.98 Å². The summed E-state index contributed by atoms with van der Waals surface area (Å²) in [5.41, 5.74) is -0.752. The topological polar surface area (TPSA) is 63.1 Å². The molecule has 19 heavy (non-hydrogen) atoms. The summed E-state index contributed by atoms with van der Waals surface area (Å²) < 4.78 is 37.1. The van der Waals surface area contributed by atoms with E-state index < -0.39 is 17.7 Å². The lowest BCUT2D eigenvalue weighted by Crippen LogP contribution is -2.05. The van der Waals surface area contributed by atoms with Crippen LogP contribution in [0.25, 0.3) is 10.7 Å². The van der Waals surface area contributed by atoms with E-state index in [1.807, 2.05) is 0 Å². The van der Waals surface area contributed by atoms with E-state index in [4.69, 9.17) is 5.11 Å². The molecule has 2 aromatic rings. The highest BCUT2D eigenvalue weighted by molar-refractivity contribution is 7.15. The monoisotopic (exact) mass is 288 g/mol. The number of thiazole rings is 1. The molecule has 2 aromatic heterocycles. The Labute approximate surface area is 109 Å². The molecule has 0 saturated heterocycles. The van der Waals surface area contributed by atoms with Gasteiger partial charge in [0.1, 0.15) is 5.01 Å². The molecule has 0 aliphatic rings. The van der Waals surface area contributed by atoms with Gasteiger partial charge in [0, 0.05) is 11.1 Å². The van der Waals surface area contributed by atoms with Gasteiger partial charge in [0.2, 0.25) is 0 Å². The molecular formula is C11H7F3N2O2S. The highest BCUT2D eigenvalue weighted by Crippen LogP contribution is 2.31. The minimum absolute atomic E-state index is 0.110. The van der Waals surface area contributed by atoms with E-state index >= 15 is 0 Å². The number of hydrogen-bond donors (Lipinski definition) is 1. The molecule has 2 heterocycles. The highest BCUT2D eigenvalue weighted by atomic mass is 32.1. The average Bonchev–Trinajstić information content (AvgIpc) is 2.70. The van der Waals surface area contributed by atoms with Crippen LogP contribution in [0.3, 0.4) is 0 Å². The summed E-state index contributed by atoms with van der Waals surface area (Å²) in [6.07, 6.45) is -3.75. The Bertz CT molecular complexity index is 620. The van der Waals surface area contributed by atoms with Crippen LogP contribution in [0.1, 0.15) is 20.9 Å². The maximum atomic E-state index is 12.4. The number of carboxylic acids is 1. The Morgan fingerprint density at radius 3 is 2.47 bits per heavy atom. The molecule has 8 heteroatoms. The van der Waals surface area contributed by atoms with Crippen LogP contribution in [-0.4, -0.2) is 21.0 Å². The van der Waals surface area contributed by atoms with Crippen molar-refractivity contribution in [2.24, 2.45) is 0 Å². The largest absolute Gasteiger partial charge is 0.476 e. The molecular weight excluding hydrogens is 281 g/mol. The molecule has 1 N–H and O–H groups in total. The van der Waals surface area contributed by atoms with E-state index in [0.29, 0.717) is 11.1 Å². The maximum Gasteiger partial charge on any atom is 0.417 e. The molecule has 4 nitrogen and oxygen atoms in total. The van der Waals surface area contributed by atoms with Crippen LogP contribution in [-0.2, 0) is 6.18 Å². The smallest absolute Gasteiger partial charge is 0.417 e. The standard InChI is InChI=1S/C11H7F3N2O2S/c1-5-8(10(17)18)16-9(19-5)7-3-2-6(4-15-7)11(12,13)14/h2-4H,1H3,(H,17,18). The zero-order valence-electron chi connectivity index (χ0n) is 9.52. The second-order valence-corrected chi connectivity index (χ2v) is 4.86. The molecule has 0 aliphatic heterocycles. The van der Waals surface area contributed by atoms with Crippen molar-refractivity contribution in [1.29, 1.82) is 0 Å². The number of halogens is 3. The fourth-order valence-electron chi connectivity index (χ4n) is 1.39. The third-order valence-corrected chi connectivity index (χ3v) is 3.30. The van der Waals surface area contributed by atoms with Crippen molar-refractivity contribution < 1.29 is 23.1 Å². The molecule has 0 atom stereocenters. The normalized spacial score (nSPS) is 11.6. The Morgan fingerprint density at radius 2 is 2.05 bits per heavy atom. The van der Waals surface area contributed by atoms with Gasteiger partial charge in [-0.05, 0) is 19.1 Å². The van der Waals surface area contributed by atoms with E-state index in [1.54, 1.807) is 6.92 Å². The van der Waals surface area contributed by atoms with Crippen LogP contribution in [0.2, 0.25) is 0 Å². The molecule has 0 saturated carbocycles. The van der Waals surface area contributed by atoms with Crippen molar-refractivity contribution >= 4 is 17.3 Å². The number of aromatic carboxylic acids is 1. The summed E-state index contributed by atoms with van der Waals surface area (Å²) in [7, 11) is 0. The second kappa shape index (κ2) is 4.61. The van der Waals surface area contributed by atoms with Crippen molar-refractivity contribution in [1.82, 2.24) is 9.97 Å². The Balaban J connectivity index is 2.38. The molecule has 0 aliphatic carbocycles. The molecule has 0 bridgehead atoms. The summed E-state index contributed by atoms with van der Waals surface area (Å²) >= 11 is 1.07. The number of hydrogen-bond acceptors (Lipinski definition) is 4. The first-order chi connectivity index (χ1) is 8.79. The molecule has 0 fully saturated rings. The lowest BCUT2D eigenvalue weighted by atomic mass is 10.2. The summed E-state index contributed by atoms with van der Waals surface area (Å²) in [5.74, 6) is -1.17. The summed E-state index contributed by atoms with van der Waals surface area (Å²) in [6.45, 7) is 1.58. The van der Waals surface area contributed by atoms with Crippen molar-refractivity contribution in [3.05, 3.63) is 34.5 Å². The van der Waals surface area contributed by atoms with Gasteiger partial charge in [0.15, 0.2) is 5.69 Å². The number of aryl methyl sites for hydroxylation is 1. The van der Waals surface area contributed by atoms with Crippen molar-refractivity contribution in [2.75, 3.05) is 0 Å². The number of carbonyl (C=O) groups is 1. The van der Waals surface area contributed by atoms with Crippen molar-refractivity contribution in [3.8, 4) is 10.7 Å². The third kappa shape index (κ3) is 2.73. The van der Waals surface area contributed by atoms with E-state index in [0.717, 1.165) is 17.4 Å². The quantitative estimate of drug-likeness (QED) is 0.921. The molecule has 0 spiro atoms. The van der Waals surface area contributed by atoms with Gasteiger partial charge in [0.25, 0.3) is 0 Å². The Kier molecular flexibility index (Phi) is 3.27. The summed E-state index contributed by atoms with van der Waals surface area (Å²) in [4.78, 5) is 18.8. The fourth-order valence-corrected chi connectivity index (χ4v) is 2.27. The van der Waals surface area contributed by atoms with E-state index in [1.165, 1.54) is 6.07 Å². The number of carboxylic acid groups (broad SMARTS) is 1. The first-order valence-corrected chi connectivity index (χ1v) is 5.85. The first-order valence-electron chi connectivity index (χ1n) is 5.03. The van der Waals surface area contributed by atoms with Gasteiger partial charge in [-0.25, -0.2) is 9.78 Å². The predicted molar refractivity (Wildman–Crippen MR) is 62.0 cm³/mol. The van der Waals surface area contributed by atoms with Crippen LogP contribution >= 0.6 is 11.3 Å². The molecule has 2 rings (SSSR count). The van der Waals surface area contributed by atoms with Crippen molar-refractivity contribution in [3.63, 3.8) is 0 Å². The van der Waals surface area contributed by atoms with Crippen LogP contribution < -0.4 is 0 Å². The van der Waals surface area contributed by atoms with Gasteiger partial charge in [-0.2, -0.15) is 13.2 Å². The lowest BCUT2D eigenvalue weighted by molar-refractivity contribution is -0.137. The molecule has 100 valence electrons. The molecule has 0 unspecified atom stereocenters. The summed E-state index contributed by atoms with van der Waals surface area (Å²) in [5, 5.41) is 9.13. The zero-order chi connectivity index (χ0) is 14.2. The minimum atomic E-state index is -4.45. The Morgan fingerprint density at radius 1 is 1.37 bits per heavy atom. The van der Waals surface area contributed by atoms with Gasteiger partial charge in [0.05, 0.1) is 11.3 Å². The molecule has 0 radical (unpaired) electrons. The molecule has 0 aromatic carbocycles. The first kappa shape index (κ1) is 13.5. The van der Waals surface area contributed by atoms with E-state index in [2.05, 4.69) is 9.97 Å². The van der Waals surface area contributed by atoms with Crippen LogP contribution in [0.5, 0.6) is 0 Å². The third-order valence-electron chi connectivity index (χ3n) is 2.31. The van der Waals surface area contributed by atoms with Gasteiger partial charge >= 0.3 is 12.1 Å². The number of pyridine rings is 1. The van der Waals surface area contributed by atoms with Gasteiger partial charge in [-0.15, -0.1) is 11.3 Å². The zero-order valence-corrected chi connectivity index (χ0v) is 10.3. The van der Waals surface area contributed by atoms with Gasteiger partial charge < -0.3 is 5.11 Å². The number of alkyl halides is 3. The van der Waals surface area contributed by atoms with Crippen LogP contribution in [0.15, 0.2) is 18.3 Å². The van der Waals surface area contributed by atoms with E-state index in [-0.39, 0.29) is 16.4 Å². The SMILES string of the molecule is Cc1sc(-c2ccc(C(F)(F)F)cn2)nc1C(=O)O. The lowest BCUT2D eigenvalue weighted by Gasteiger charge is -2.05. The Hall–Kier alpha value is -1.96. The summed E-state index contributed by atoms with van der Waals surface area (Å²) in [6, 6.07) is 2.06. The van der Waals surface area contributed by atoms with Crippen molar-refractivity contribution in [2.45, 2.75) is 13.1 Å². The van der Waals surface area contributed by atoms with Crippen LogP contribution in [0, 0.1) is 6.92 Å². The highest BCUT2D eigenvalue weighted by Gasteiger charge is 2.30. The number of nitrogens with zero attached hydrogens (tertiary/aromatic N) is 2. The molecule has 0 amide bonds. The second-order valence-electron chi connectivity index (χ2n) is 3.66. The maximum absolute atomic E-state index is 12.4. The van der Waals surface area contributed by atoms with E-state index in [9.17, 15) is 18.0 Å². The number of rotatable bonds is 2. The minimum Gasteiger partial charge on any atom is -0.476 e. The average molecular weight is 288 g/mol.